The van der Waals surface area contributed by atoms with Crippen molar-refractivity contribution in [1.82, 2.24) is 5.32 Å². The normalized spacial score (nSPS) is 35.9. The van der Waals surface area contributed by atoms with E-state index in [0.717, 1.165) is 25.9 Å². The van der Waals surface area contributed by atoms with Gasteiger partial charge >= 0.3 is 5.97 Å². The van der Waals surface area contributed by atoms with Gasteiger partial charge in [0.1, 0.15) is 5.60 Å². The van der Waals surface area contributed by atoms with E-state index in [9.17, 15) is 4.79 Å². The molecule has 2 unspecified atom stereocenters. The van der Waals surface area contributed by atoms with E-state index < -0.39 is 0 Å². The van der Waals surface area contributed by atoms with Gasteiger partial charge in [0, 0.05) is 18.8 Å². The molecule has 2 fully saturated rings. The minimum absolute atomic E-state index is 0.0249. The van der Waals surface area contributed by atoms with Crippen molar-refractivity contribution in [3.8, 4) is 0 Å². The number of fused-ring (bicyclic) bond motifs is 2. The molecular formula is C13H17NO2. The molecule has 2 atom stereocenters. The lowest BCUT2D eigenvalue weighted by molar-refractivity contribution is -0.181. The SMILES string of the molecule is O=C1CC2C=CC=CC2C2(CCNCC2)O1. The number of rotatable bonds is 0. The summed E-state index contributed by atoms with van der Waals surface area (Å²) in [4.78, 5) is 11.7. The molecule has 2 aliphatic heterocycles. The first-order valence-electron chi connectivity index (χ1n) is 6.08. The molecule has 1 aliphatic carbocycles. The van der Waals surface area contributed by atoms with Crippen LogP contribution in [0.25, 0.3) is 0 Å². The fourth-order valence-electron chi connectivity index (χ4n) is 3.23. The van der Waals surface area contributed by atoms with E-state index in [2.05, 4.69) is 29.6 Å². The molecule has 0 bridgehead atoms. The van der Waals surface area contributed by atoms with E-state index in [0.29, 0.717) is 18.3 Å². The van der Waals surface area contributed by atoms with Crippen LogP contribution in [0.5, 0.6) is 0 Å². The highest BCUT2D eigenvalue weighted by Crippen LogP contribution is 2.44. The number of piperidine rings is 1. The molecule has 16 heavy (non-hydrogen) atoms. The van der Waals surface area contributed by atoms with Gasteiger partial charge < -0.3 is 10.1 Å². The minimum atomic E-state index is -0.230. The Labute approximate surface area is 95.5 Å². The average molecular weight is 219 g/mol. The number of esters is 1. The van der Waals surface area contributed by atoms with Crippen LogP contribution >= 0.6 is 0 Å². The Hall–Kier alpha value is -1.09. The van der Waals surface area contributed by atoms with E-state index in [-0.39, 0.29) is 11.6 Å². The van der Waals surface area contributed by atoms with Crippen molar-refractivity contribution in [3.05, 3.63) is 24.3 Å². The van der Waals surface area contributed by atoms with Crippen molar-refractivity contribution in [2.75, 3.05) is 13.1 Å². The average Bonchev–Trinajstić information content (AvgIpc) is 2.30. The third-order valence-corrected chi connectivity index (χ3v) is 4.03. The highest BCUT2D eigenvalue weighted by Gasteiger charge is 2.49. The first-order chi connectivity index (χ1) is 7.80. The highest BCUT2D eigenvalue weighted by molar-refractivity contribution is 5.72. The van der Waals surface area contributed by atoms with Crippen LogP contribution in [0.1, 0.15) is 19.3 Å². The smallest absolute Gasteiger partial charge is 0.306 e. The Morgan fingerprint density at radius 1 is 1.25 bits per heavy atom. The minimum Gasteiger partial charge on any atom is -0.458 e. The number of carbonyl (C=O) groups is 1. The Morgan fingerprint density at radius 3 is 2.81 bits per heavy atom. The number of nitrogens with one attached hydrogen (secondary N) is 1. The number of carbonyl (C=O) groups excluding carboxylic acids is 1. The zero-order valence-corrected chi connectivity index (χ0v) is 9.32. The molecule has 3 rings (SSSR count). The molecule has 0 saturated carbocycles. The molecule has 3 heteroatoms. The molecule has 1 N–H and O–H groups in total. The van der Waals surface area contributed by atoms with Crippen LogP contribution in [0.15, 0.2) is 24.3 Å². The van der Waals surface area contributed by atoms with Gasteiger partial charge in [-0.1, -0.05) is 24.3 Å². The molecule has 3 nitrogen and oxygen atoms in total. The second-order valence-electron chi connectivity index (χ2n) is 4.95. The van der Waals surface area contributed by atoms with Crippen molar-refractivity contribution < 1.29 is 9.53 Å². The Kier molecular flexibility index (Phi) is 2.36. The van der Waals surface area contributed by atoms with Gasteiger partial charge in [0.25, 0.3) is 0 Å². The van der Waals surface area contributed by atoms with Crippen molar-refractivity contribution in [3.63, 3.8) is 0 Å². The van der Waals surface area contributed by atoms with Crippen LogP contribution in [0.4, 0.5) is 0 Å². The third-order valence-electron chi connectivity index (χ3n) is 4.03. The third kappa shape index (κ3) is 1.50. The van der Waals surface area contributed by atoms with Crippen molar-refractivity contribution >= 4 is 5.97 Å². The summed E-state index contributed by atoms with van der Waals surface area (Å²) in [5.74, 6) is 0.713. The zero-order chi connectivity index (χ0) is 11.0. The molecular weight excluding hydrogens is 202 g/mol. The first kappa shape index (κ1) is 10.1. The predicted octanol–water partition coefficient (Wildman–Crippen LogP) is 1.41. The van der Waals surface area contributed by atoms with Gasteiger partial charge in [-0.15, -0.1) is 0 Å². The molecule has 1 spiro atoms. The van der Waals surface area contributed by atoms with Crippen molar-refractivity contribution in [1.29, 1.82) is 0 Å². The Balaban J connectivity index is 1.92. The van der Waals surface area contributed by atoms with Crippen LogP contribution in [0.3, 0.4) is 0 Å². The van der Waals surface area contributed by atoms with Crippen molar-refractivity contribution in [2.45, 2.75) is 24.9 Å². The first-order valence-corrected chi connectivity index (χ1v) is 6.08. The number of hydrogen-bond donors (Lipinski definition) is 1. The summed E-state index contributed by atoms with van der Waals surface area (Å²) in [5.41, 5.74) is -0.230. The van der Waals surface area contributed by atoms with E-state index >= 15 is 0 Å². The maximum absolute atomic E-state index is 11.7. The van der Waals surface area contributed by atoms with E-state index in [1.807, 2.05) is 0 Å². The predicted molar refractivity (Wildman–Crippen MR) is 60.8 cm³/mol. The number of allylic oxidation sites excluding steroid dienone is 3. The standard InChI is InChI=1S/C13H17NO2/c15-12-9-10-3-1-2-4-11(10)13(16-12)5-7-14-8-6-13/h1-4,10-11,14H,5-9H2. The van der Waals surface area contributed by atoms with E-state index in [1.54, 1.807) is 0 Å². The Morgan fingerprint density at radius 2 is 2.00 bits per heavy atom. The summed E-state index contributed by atoms with van der Waals surface area (Å²) in [6.45, 7) is 1.90. The lowest BCUT2D eigenvalue weighted by Gasteiger charge is -2.48. The van der Waals surface area contributed by atoms with E-state index in [4.69, 9.17) is 4.74 Å². The highest BCUT2D eigenvalue weighted by atomic mass is 16.6. The van der Waals surface area contributed by atoms with Crippen LogP contribution in [0.2, 0.25) is 0 Å². The largest absolute Gasteiger partial charge is 0.458 e. The maximum atomic E-state index is 11.7. The zero-order valence-electron chi connectivity index (χ0n) is 9.32. The summed E-state index contributed by atoms with van der Waals surface area (Å²) in [7, 11) is 0. The quantitative estimate of drug-likeness (QED) is 0.626. The van der Waals surface area contributed by atoms with Crippen LogP contribution in [-0.2, 0) is 9.53 Å². The second kappa shape index (κ2) is 3.74. The van der Waals surface area contributed by atoms with Gasteiger partial charge in [0.2, 0.25) is 0 Å². The van der Waals surface area contributed by atoms with Crippen LogP contribution in [0, 0.1) is 11.8 Å². The molecule has 2 heterocycles. The molecule has 2 saturated heterocycles. The van der Waals surface area contributed by atoms with Crippen LogP contribution < -0.4 is 5.32 Å². The molecule has 0 amide bonds. The van der Waals surface area contributed by atoms with Gasteiger partial charge in [-0.2, -0.15) is 0 Å². The molecule has 0 aromatic rings. The molecule has 0 aromatic carbocycles. The van der Waals surface area contributed by atoms with Crippen molar-refractivity contribution in [2.24, 2.45) is 11.8 Å². The number of hydrogen-bond acceptors (Lipinski definition) is 3. The van der Waals surface area contributed by atoms with Gasteiger partial charge in [-0.05, 0) is 19.0 Å². The summed E-state index contributed by atoms with van der Waals surface area (Å²) in [6, 6.07) is 0. The molecule has 0 aromatic heterocycles. The summed E-state index contributed by atoms with van der Waals surface area (Å²) in [5, 5.41) is 3.33. The number of ether oxygens (including phenoxy) is 1. The van der Waals surface area contributed by atoms with Gasteiger partial charge in [-0.3, -0.25) is 4.79 Å². The lowest BCUT2D eigenvalue weighted by atomic mass is 9.69. The fraction of sp³-hybridized carbons (Fsp3) is 0.615. The van der Waals surface area contributed by atoms with Crippen LogP contribution in [-0.4, -0.2) is 24.7 Å². The van der Waals surface area contributed by atoms with Gasteiger partial charge in [0.15, 0.2) is 0 Å². The summed E-state index contributed by atoms with van der Waals surface area (Å²) in [6.07, 6.45) is 11.0. The second-order valence-corrected chi connectivity index (χ2v) is 4.95. The lowest BCUT2D eigenvalue weighted by Crippen LogP contribution is -2.55. The topological polar surface area (TPSA) is 38.3 Å². The summed E-state index contributed by atoms with van der Waals surface area (Å²) >= 11 is 0. The van der Waals surface area contributed by atoms with Gasteiger partial charge in [-0.25, -0.2) is 0 Å². The van der Waals surface area contributed by atoms with E-state index in [1.165, 1.54) is 0 Å². The van der Waals surface area contributed by atoms with Gasteiger partial charge in [0.05, 0.1) is 6.42 Å². The maximum Gasteiger partial charge on any atom is 0.306 e. The monoisotopic (exact) mass is 219 g/mol. The molecule has 86 valence electrons. The molecule has 3 aliphatic rings. The fourth-order valence-corrected chi connectivity index (χ4v) is 3.23. The Bertz CT molecular complexity index is 353. The summed E-state index contributed by atoms with van der Waals surface area (Å²) < 4.78 is 5.72. The molecule has 0 radical (unpaired) electrons.